The number of nitrogens with zero attached hydrogens (tertiary/aromatic N) is 1. The minimum absolute atomic E-state index is 0.238. The maximum absolute atomic E-state index is 11.9. The van der Waals surface area contributed by atoms with Crippen LogP contribution in [0.15, 0.2) is 24.3 Å². The van der Waals surface area contributed by atoms with E-state index in [9.17, 15) is 9.59 Å². The summed E-state index contributed by atoms with van der Waals surface area (Å²) in [6.07, 6.45) is 0. The average molecular weight is 296 g/mol. The van der Waals surface area contributed by atoms with E-state index in [4.69, 9.17) is 11.6 Å². The van der Waals surface area contributed by atoms with Crippen LogP contribution in [0.2, 0.25) is 5.02 Å². The van der Waals surface area contributed by atoms with Crippen LogP contribution in [-0.4, -0.2) is 48.9 Å². The standard InChI is InChI=1S/C14H18ClN3O2/c1-10-8-16-6-7-18(10)9-13(19)17-14(20)11-2-4-12(15)5-3-11/h2-5,10,16H,6-9H2,1H3,(H,17,19,20)/t10-/m1/s1. The zero-order chi connectivity index (χ0) is 14.5. The number of piperazine rings is 1. The normalized spacial score (nSPS) is 19.6. The number of carbonyl (C=O) groups excluding carboxylic acids is 2. The topological polar surface area (TPSA) is 61.4 Å². The van der Waals surface area contributed by atoms with Crippen LogP contribution in [-0.2, 0) is 4.79 Å². The summed E-state index contributed by atoms with van der Waals surface area (Å²) in [7, 11) is 0. The van der Waals surface area contributed by atoms with E-state index >= 15 is 0 Å². The lowest BCUT2D eigenvalue weighted by molar-refractivity contribution is -0.121. The van der Waals surface area contributed by atoms with Crippen LogP contribution >= 0.6 is 11.6 Å². The molecule has 0 saturated carbocycles. The molecule has 1 atom stereocenters. The number of hydrogen-bond acceptors (Lipinski definition) is 4. The Labute approximate surface area is 123 Å². The number of imide groups is 1. The number of carbonyl (C=O) groups is 2. The van der Waals surface area contributed by atoms with Gasteiger partial charge in [0, 0.05) is 36.3 Å². The number of benzene rings is 1. The van der Waals surface area contributed by atoms with Crippen molar-refractivity contribution in [2.24, 2.45) is 0 Å². The molecule has 2 rings (SSSR count). The van der Waals surface area contributed by atoms with Crippen molar-refractivity contribution in [1.29, 1.82) is 0 Å². The van der Waals surface area contributed by atoms with Crippen LogP contribution in [0.25, 0.3) is 0 Å². The van der Waals surface area contributed by atoms with Gasteiger partial charge in [0.2, 0.25) is 5.91 Å². The van der Waals surface area contributed by atoms with E-state index < -0.39 is 5.91 Å². The smallest absolute Gasteiger partial charge is 0.257 e. The Morgan fingerprint density at radius 2 is 2.10 bits per heavy atom. The number of nitrogens with one attached hydrogen (secondary N) is 2. The first-order chi connectivity index (χ1) is 9.56. The highest BCUT2D eigenvalue weighted by molar-refractivity contribution is 6.30. The molecule has 1 aliphatic heterocycles. The summed E-state index contributed by atoms with van der Waals surface area (Å²) in [4.78, 5) is 25.8. The fraction of sp³-hybridized carbons (Fsp3) is 0.429. The van der Waals surface area contributed by atoms with Crippen molar-refractivity contribution in [3.8, 4) is 0 Å². The predicted molar refractivity (Wildman–Crippen MR) is 77.8 cm³/mol. The quantitative estimate of drug-likeness (QED) is 0.869. The minimum atomic E-state index is -0.394. The molecular formula is C14H18ClN3O2. The van der Waals surface area contributed by atoms with Gasteiger partial charge in [0.05, 0.1) is 6.54 Å². The van der Waals surface area contributed by atoms with Crippen molar-refractivity contribution in [1.82, 2.24) is 15.5 Å². The van der Waals surface area contributed by atoms with E-state index in [-0.39, 0.29) is 12.5 Å². The summed E-state index contributed by atoms with van der Waals surface area (Å²) in [6, 6.07) is 6.73. The van der Waals surface area contributed by atoms with Crippen LogP contribution < -0.4 is 10.6 Å². The Morgan fingerprint density at radius 1 is 1.40 bits per heavy atom. The van der Waals surface area contributed by atoms with Gasteiger partial charge in [0.15, 0.2) is 0 Å². The second-order valence-electron chi connectivity index (χ2n) is 4.91. The first kappa shape index (κ1) is 15.0. The van der Waals surface area contributed by atoms with Crippen LogP contribution in [0.1, 0.15) is 17.3 Å². The van der Waals surface area contributed by atoms with Gasteiger partial charge in [-0.15, -0.1) is 0 Å². The lowest BCUT2D eigenvalue weighted by Gasteiger charge is -2.33. The largest absolute Gasteiger partial charge is 0.314 e. The molecule has 0 unspecified atom stereocenters. The van der Waals surface area contributed by atoms with Gasteiger partial charge in [-0.2, -0.15) is 0 Å². The van der Waals surface area contributed by atoms with Crippen molar-refractivity contribution in [2.75, 3.05) is 26.2 Å². The van der Waals surface area contributed by atoms with E-state index in [0.29, 0.717) is 16.6 Å². The number of halogens is 1. The first-order valence-electron chi connectivity index (χ1n) is 6.61. The fourth-order valence-corrected chi connectivity index (χ4v) is 2.27. The van der Waals surface area contributed by atoms with Gasteiger partial charge in [0.25, 0.3) is 5.91 Å². The van der Waals surface area contributed by atoms with Crippen molar-refractivity contribution >= 4 is 23.4 Å². The molecule has 0 aromatic heterocycles. The monoisotopic (exact) mass is 295 g/mol. The molecular weight excluding hydrogens is 278 g/mol. The molecule has 2 N–H and O–H groups in total. The molecule has 20 heavy (non-hydrogen) atoms. The Morgan fingerprint density at radius 3 is 2.75 bits per heavy atom. The third-order valence-electron chi connectivity index (χ3n) is 3.34. The van der Waals surface area contributed by atoms with Crippen molar-refractivity contribution in [3.05, 3.63) is 34.9 Å². The molecule has 1 aromatic rings. The predicted octanol–water partition coefficient (Wildman–Crippen LogP) is 0.890. The lowest BCUT2D eigenvalue weighted by Crippen LogP contribution is -2.53. The number of amides is 2. The molecule has 5 nitrogen and oxygen atoms in total. The third-order valence-corrected chi connectivity index (χ3v) is 3.60. The summed E-state index contributed by atoms with van der Waals surface area (Å²) in [5.41, 5.74) is 0.427. The maximum Gasteiger partial charge on any atom is 0.257 e. The summed E-state index contributed by atoms with van der Waals surface area (Å²) in [6.45, 7) is 4.83. The summed E-state index contributed by atoms with van der Waals surface area (Å²) in [5.74, 6) is -0.673. The van der Waals surface area contributed by atoms with E-state index in [1.807, 2.05) is 0 Å². The number of rotatable bonds is 3. The highest BCUT2D eigenvalue weighted by Gasteiger charge is 2.21. The van der Waals surface area contributed by atoms with Crippen LogP contribution in [0, 0.1) is 0 Å². The van der Waals surface area contributed by atoms with Gasteiger partial charge in [-0.25, -0.2) is 0 Å². The summed E-state index contributed by atoms with van der Waals surface area (Å²) < 4.78 is 0. The van der Waals surface area contributed by atoms with Gasteiger partial charge < -0.3 is 5.32 Å². The molecule has 0 spiro atoms. The van der Waals surface area contributed by atoms with Crippen molar-refractivity contribution in [3.63, 3.8) is 0 Å². The Balaban J connectivity index is 1.87. The molecule has 0 aliphatic carbocycles. The fourth-order valence-electron chi connectivity index (χ4n) is 2.14. The Kier molecular flexibility index (Phi) is 5.11. The molecule has 6 heteroatoms. The summed E-state index contributed by atoms with van der Waals surface area (Å²) in [5, 5.41) is 6.22. The van der Waals surface area contributed by atoms with Gasteiger partial charge in [-0.1, -0.05) is 11.6 Å². The molecule has 1 heterocycles. The molecule has 0 radical (unpaired) electrons. The molecule has 1 aliphatic rings. The van der Waals surface area contributed by atoms with Crippen molar-refractivity contribution < 1.29 is 9.59 Å². The summed E-state index contributed by atoms with van der Waals surface area (Å²) >= 11 is 5.76. The van der Waals surface area contributed by atoms with Crippen LogP contribution in [0.4, 0.5) is 0 Å². The van der Waals surface area contributed by atoms with Crippen LogP contribution in [0.3, 0.4) is 0 Å². The van der Waals surface area contributed by atoms with E-state index in [0.717, 1.165) is 19.6 Å². The van der Waals surface area contributed by atoms with Gasteiger partial charge in [0.1, 0.15) is 0 Å². The van der Waals surface area contributed by atoms with Gasteiger partial charge in [-0.3, -0.25) is 19.8 Å². The highest BCUT2D eigenvalue weighted by atomic mass is 35.5. The zero-order valence-corrected chi connectivity index (χ0v) is 12.1. The SMILES string of the molecule is C[C@@H]1CNCCN1CC(=O)NC(=O)c1ccc(Cl)cc1. The van der Waals surface area contributed by atoms with E-state index in [1.54, 1.807) is 24.3 Å². The average Bonchev–Trinajstić information content (AvgIpc) is 2.42. The second kappa shape index (κ2) is 6.83. The molecule has 2 amide bonds. The molecule has 0 bridgehead atoms. The van der Waals surface area contributed by atoms with Crippen LogP contribution in [0.5, 0.6) is 0 Å². The highest BCUT2D eigenvalue weighted by Crippen LogP contribution is 2.09. The van der Waals surface area contributed by atoms with Crippen molar-refractivity contribution in [2.45, 2.75) is 13.0 Å². The molecule has 1 fully saturated rings. The lowest BCUT2D eigenvalue weighted by atomic mass is 10.2. The van der Waals surface area contributed by atoms with Gasteiger partial charge in [-0.05, 0) is 31.2 Å². The Hall–Kier alpha value is -1.43. The van der Waals surface area contributed by atoms with E-state index in [1.165, 1.54) is 0 Å². The Bertz CT molecular complexity index is 490. The number of hydrogen-bond donors (Lipinski definition) is 2. The molecule has 1 saturated heterocycles. The zero-order valence-electron chi connectivity index (χ0n) is 11.4. The molecule has 1 aromatic carbocycles. The first-order valence-corrected chi connectivity index (χ1v) is 6.98. The maximum atomic E-state index is 11.9. The van der Waals surface area contributed by atoms with E-state index in [2.05, 4.69) is 22.5 Å². The molecule has 108 valence electrons. The van der Waals surface area contributed by atoms with Gasteiger partial charge >= 0.3 is 0 Å². The minimum Gasteiger partial charge on any atom is -0.314 e. The third kappa shape index (κ3) is 4.03. The second-order valence-corrected chi connectivity index (χ2v) is 5.34.